The number of anilines is 2. The number of pyridine rings is 1. The normalized spacial score (nSPS) is 11.2. The van der Waals surface area contributed by atoms with Gasteiger partial charge < -0.3 is 5.73 Å². The fourth-order valence-corrected chi connectivity index (χ4v) is 2.66. The Morgan fingerprint density at radius 1 is 1.16 bits per heavy atom. The van der Waals surface area contributed by atoms with Crippen molar-refractivity contribution in [3.8, 4) is 0 Å². The Hall–Kier alpha value is -2.15. The van der Waals surface area contributed by atoms with E-state index in [2.05, 4.69) is 9.71 Å². The fraction of sp³-hybridized carbons (Fsp3) is 0.0833. The molecule has 7 heteroatoms. The van der Waals surface area contributed by atoms with Gasteiger partial charge in [0.05, 0.1) is 17.6 Å². The average molecular weight is 281 g/mol. The highest BCUT2D eigenvalue weighted by atomic mass is 32.2. The van der Waals surface area contributed by atoms with Gasteiger partial charge in [-0.1, -0.05) is 12.1 Å². The number of sulfonamides is 1. The van der Waals surface area contributed by atoms with Gasteiger partial charge in [0.2, 0.25) is 10.0 Å². The predicted octanol–water partition coefficient (Wildman–Crippen LogP) is 1.74. The molecule has 0 aliphatic rings. The van der Waals surface area contributed by atoms with Crippen molar-refractivity contribution in [2.75, 3.05) is 10.5 Å². The van der Waals surface area contributed by atoms with Gasteiger partial charge in [0.1, 0.15) is 11.6 Å². The molecule has 0 bridgehead atoms. The number of rotatable bonds is 4. The summed E-state index contributed by atoms with van der Waals surface area (Å²) in [5.41, 5.74) is 6.23. The van der Waals surface area contributed by atoms with Gasteiger partial charge >= 0.3 is 0 Å². The molecule has 0 radical (unpaired) electrons. The van der Waals surface area contributed by atoms with Crippen LogP contribution in [-0.4, -0.2) is 13.4 Å². The molecule has 0 aliphatic heterocycles. The molecule has 100 valence electrons. The Morgan fingerprint density at radius 2 is 1.84 bits per heavy atom. The van der Waals surface area contributed by atoms with Crippen LogP contribution in [0.4, 0.5) is 15.9 Å². The van der Waals surface area contributed by atoms with E-state index in [9.17, 15) is 12.8 Å². The highest BCUT2D eigenvalue weighted by Crippen LogP contribution is 2.13. The third-order valence-corrected chi connectivity index (χ3v) is 3.59. The largest absolute Gasteiger partial charge is 0.384 e. The van der Waals surface area contributed by atoms with Crippen LogP contribution < -0.4 is 10.5 Å². The second-order valence-electron chi connectivity index (χ2n) is 3.96. The summed E-state index contributed by atoms with van der Waals surface area (Å²) < 4.78 is 38.8. The van der Waals surface area contributed by atoms with Crippen LogP contribution in [0.3, 0.4) is 0 Å². The van der Waals surface area contributed by atoms with E-state index in [0.717, 1.165) is 0 Å². The maximum Gasteiger partial charge on any atom is 0.236 e. The van der Waals surface area contributed by atoms with Crippen LogP contribution in [0.5, 0.6) is 0 Å². The third-order valence-electron chi connectivity index (χ3n) is 2.33. The van der Waals surface area contributed by atoms with Crippen molar-refractivity contribution in [2.24, 2.45) is 0 Å². The Bertz CT molecular complexity index is 601. The van der Waals surface area contributed by atoms with Crippen molar-refractivity contribution in [3.63, 3.8) is 0 Å². The monoisotopic (exact) mass is 281 g/mol. The lowest BCUT2D eigenvalue weighted by Crippen LogP contribution is -2.15. The van der Waals surface area contributed by atoms with E-state index in [1.807, 2.05) is 0 Å². The number of nitrogens with two attached hydrogens (primary N) is 1. The van der Waals surface area contributed by atoms with Crippen molar-refractivity contribution in [2.45, 2.75) is 5.75 Å². The van der Waals surface area contributed by atoms with E-state index >= 15 is 0 Å². The van der Waals surface area contributed by atoms with Gasteiger partial charge in [-0.15, -0.1) is 0 Å². The SMILES string of the molecule is Nc1ccc(NS(=O)(=O)Cc2ccc(F)cc2)cn1. The Kier molecular flexibility index (Phi) is 3.66. The fourth-order valence-electron chi connectivity index (χ4n) is 1.48. The number of hydrogen-bond donors (Lipinski definition) is 2. The minimum atomic E-state index is -3.57. The van der Waals surface area contributed by atoms with Crippen LogP contribution in [0, 0.1) is 5.82 Å². The van der Waals surface area contributed by atoms with Crippen molar-refractivity contribution >= 4 is 21.5 Å². The molecule has 2 rings (SSSR count). The molecule has 0 spiro atoms. The second-order valence-corrected chi connectivity index (χ2v) is 5.68. The first-order chi connectivity index (χ1) is 8.94. The predicted molar refractivity (Wildman–Crippen MR) is 71.3 cm³/mol. The molecule has 0 aliphatic carbocycles. The third kappa shape index (κ3) is 3.92. The number of nitrogens with one attached hydrogen (secondary N) is 1. The van der Waals surface area contributed by atoms with Gasteiger partial charge in [0.15, 0.2) is 0 Å². The van der Waals surface area contributed by atoms with Gasteiger partial charge in [-0.25, -0.2) is 17.8 Å². The zero-order valence-electron chi connectivity index (χ0n) is 9.88. The highest BCUT2D eigenvalue weighted by Gasteiger charge is 2.12. The van der Waals surface area contributed by atoms with Crippen LogP contribution >= 0.6 is 0 Å². The summed E-state index contributed by atoms with van der Waals surface area (Å²) in [5, 5.41) is 0. The second kappa shape index (κ2) is 5.23. The Labute approximate surface area is 110 Å². The first-order valence-electron chi connectivity index (χ1n) is 5.41. The van der Waals surface area contributed by atoms with Gasteiger partial charge in [0.25, 0.3) is 0 Å². The van der Waals surface area contributed by atoms with E-state index < -0.39 is 15.8 Å². The first-order valence-corrected chi connectivity index (χ1v) is 7.06. The molecular weight excluding hydrogens is 269 g/mol. The molecule has 0 saturated heterocycles. The molecule has 1 heterocycles. The molecule has 0 unspecified atom stereocenters. The Morgan fingerprint density at radius 3 is 2.42 bits per heavy atom. The average Bonchev–Trinajstić information content (AvgIpc) is 2.34. The van der Waals surface area contributed by atoms with Crippen molar-refractivity contribution in [3.05, 3.63) is 54.0 Å². The molecule has 1 aromatic heterocycles. The van der Waals surface area contributed by atoms with Crippen LogP contribution in [0.1, 0.15) is 5.56 Å². The summed E-state index contributed by atoms with van der Waals surface area (Å²) >= 11 is 0. The van der Waals surface area contributed by atoms with Gasteiger partial charge in [0, 0.05) is 0 Å². The quantitative estimate of drug-likeness (QED) is 0.894. The van der Waals surface area contributed by atoms with Gasteiger partial charge in [-0.05, 0) is 29.8 Å². The maximum atomic E-state index is 12.7. The number of aromatic nitrogens is 1. The van der Waals surface area contributed by atoms with Crippen LogP contribution in [0.2, 0.25) is 0 Å². The van der Waals surface area contributed by atoms with E-state index in [1.54, 1.807) is 0 Å². The minimum Gasteiger partial charge on any atom is -0.384 e. The van der Waals surface area contributed by atoms with Crippen LogP contribution in [-0.2, 0) is 15.8 Å². The number of hydrogen-bond acceptors (Lipinski definition) is 4. The summed E-state index contributed by atoms with van der Waals surface area (Å²) in [6, 6.07) is 8.30. The van der Waals surface area contributed by atoms with Gasteiger partial charge in [-0.2, -0.15) is 0 Å². The number of nitrogens with zero attached hydrogens (tertiary/aromatic N) is 1. The number of halogens is 1. The standard InChI is InChI=1S/C12H12FN3O2S/c13-10-3-1-9(2-4-10)8-19(17,18)16-11-5-6-12(14)15-7-11/h1-7,16H,8H2,(H2,14,15). The van der Waals surface area contributed by atoms with Crippen LogP contribution in [0.15, 0.2) is 42.6 Å². The lowest BCUT2D eigenvalue weighted by molar-refractivity contribution is 0.600. The summed E-state index contributed by atoms with van der Waals surface area (Å²) in [4.78, 5) is 3.78. The van der Waals surface area contributed by atoms with Crippen LogP contribution in [0.25, 0.3) is 0 Å². The van der Waals surface area contributed by atoms with E-state index in [-0.39, 0.29) is 5.75 Å². The molecule has 0 atom stereocenters. The maximum absolute atomic E-state index is 12.7. The molecule has 0 amide bonds. The lowest BCUT2D eigenvalue weighted by atomic mass is 10.2. The highest BCUT2D eigenvalue weighted by molar-refractivity contribution is 7.91. The number of nitrogen functional groups attached to an aromatic ring is 1. The molecule has 3 N–H and O–H groups in total. The summed E-state index contributed by atoms with van der Waals surface area (Å²) in [6.07, 6.45) is 1.33. The van der Waals surface area contributed by atoms with E-state index in [4.69, 9.17) is 5.73 Å². The molecule has 0 fully saturated rings. The zero-order chi connectivity index (χ0) is 13.9. The molecule has 0 saturated carbocycles. The van der Waals surface area contributed by atoms with Gasteiger partial charge in [-0.3, -0.25) is 4.72 Å². The molecule has 2 aromatic rings. The summed E-state index contributed by atoms with van der Waals surface area (Å²) in [5.74, 6) is -0.337. The van der Waals surface area contributed by atoms with Crippen molar-refractivity contribution in [1.82, 2.24) is 4.98 Å². The smallest absolute Gasteiger partial charge is 0.236 e. The zero-order valence-corrected chi connectivity index (χ0v) is 10.7. The summed E-state index contributed by atoms with van der Waals surface area (Å²) in [7, 11) is -3.57. The molecule has 1 aromatic carbocycles. The van der Waals surface area contributed by atoms with E-state index in [1.165, 1.54) is 42.6 Å². The van der Waals surface area contributed by atoms with Crippen molar-refractivity contribution in [1.29, 1.82) is 0 Å². The molecule has 19 heavy (non-hydrogen) atoms. The molecular formula is C12H12FN3O2S. The number of benzene rings is 1. The lowest BCUT2D eigenvalue weighted by Gasteiger charge is -2.07. The van der Waals surface area contributed by atoms with Crippen molar-refractivity contribution < 1.29 is 12.8 Å². The van der Waals surface area contributed by atoms with E-state index in [0.29, 0.717) is 17.1 Å². The topological polar surface area (TPSA) is 85.1 Å². The Balaban J connectivity index is 2.10. The minimum absolute atomic E-state index is 0.238. The summed E-state index contributed by atoms with van der Waals surface area (Å²) in [6.45, 7) is 0. The molecule has 5 nitrogen and oxygen atoms in total. The first kappa shape index (κ1) is 13.3.